The highest BCUT2D eigenvalue weighted by atomic mass is 16.6. The van der Waals surface area contributed by atoms with Crippen LogP contribution in [0, 0.1) is 10.1 Å². The van der Waals surface area contributed by atoms with Crippen molar-refractivity contribution >= 4 is 5.69 Å². The minimum absolute atomic E-state index is 0.108. The Morgan fingerprint density at radius 1 is 1.33 bits per heavy atom. The molecule has 1 rings (SSSR count). The maximum Gasteiger partial charge on any atom is 0.269 e. The second-order valence-corrected chi connectivity index (χ2v) is 3.99. The van der Waals surface area contributed by atoms with E-state index in [0.29, 0.717) is 6.54 Å². The van der Waals surface area contributed by atoms with Crippen molar-refractivity contribution in [2.24, 2.45) is 0 Å². The lowest BCUT2D eigenvalue weighted by atomic mass is 10.1. The molecule has 18 heavy (non-hydrogen) atoms. The summed E-state index contributed by atoms with van der Waals surface area (Å²) in [5, 5.41) is 19.4. The minimum Gasteiger partial charge on any atom is -0.395 e. The molecule has 5 nitrogen and oxygen atoms in total. The Morgan fingerprint density at radius 2 is 2.00 bits per heavy atom. The molecule has 1 N–H and O–H groups in total. The summed E-state index contributed by atoms with van der Waals surface area (Å²) in [6.07, 6.45) is 2.59. The van der Waals surface area contributed by atoms with Gasteiger partial charge in [0.15, 0.2) is 0 Å². The van der Waals surface area contributed by atoms with Crippen molar-refractivity contribution in [1.29, 1.82) is 0 Å². The lowest BCUT2D eigenvalue weighted by molar-refractivity contribution is -0.384. The van der Waals surface area contributed by atoms with E-state index in [0.717, 1.165) is 25.1 Å². The third-order valence-corrected chi connectivity index (χ3v) is 2.67. The van der Waals surface area contributed by atoms with E-state index in [2.05, 4.69) is 11.5 Å². The first kappa shape index (κ1) is 14.3. The molecule has 0 spiro atoms. The third-order valence-electron chi connectivity index (χ3n) is 2.67. The molecule has 5 heteroatoms. The molecule has 1 aromatic rings. The molecule has 0 heterocycles. The molecule has 1 aromatic carbocycles. The van der Waals surface area contributed by atoms with Crippen molar-refractivity contribution in [3.8, 4) is 0 Å². The number of aliphatic hydroxyl groups is 1. The molecule has 0 atom stereocenters. The number of rotatable bonds is 8. The monoisotopic (exact) mass is 250 g/mol. The van der Waals surface area contributed by atoms with E-state index < -0.39 is 4.92 Å². The molecule has 98 valence electrons. The zero-order valence-electron chi connectivity index (χ0n) is 10.3. The van der Waals surface area contributed by atoms with E-state index in [9.17, 15) is 10.1 Å². The zero-order valence-corrected chi connectivity index (χ0v) is 10.3. The molecular formula is C13H18N2O3. The Hall–Kier alpha value is -1.72. The van der Waals surface area contributed by atoms with Gasteiger partial charge < -0.3 is 5.11 Å². The first-order valence-electron chi connectivity index (χ1n) is 5.85. The SMILES string of the molecule is C=CCN(CCO)CCc1ccc([N+](=O)[O-])cc1. The molecule has 0 aliphatic heterocycles. The highest BCUT2D eigenvalue weighted by Crippen LogP contribution is 2.12. The Labute approximate surface area is 107 Å². The second-order valence-electron chi connectivity index (χ2n) is 3.99. The summed E-state index contributed by atoms with van der Waals surface area (Å²) in [5.41, 5.74) is 1.16. The fourth-order valence-electron chi connectivity index (χ4n) is 1.69. The maximum atomic E-state index is 10.5. The van der Waals surface area contributed by atoms with Gasteiger partial charge in [0, 0.05) is 31.8 Å². The first-order valence-corrected chi connectivity index (χ1v) is 5.85. The van der Waals surface area contributed by atoms with E-state index in [4.69, 9.17) is 5.11 Å². The van der Waals surface area contributed by atoms with Crippen LogP contribution in [-0.4, -0.2) is 41.2 Å². The van der Waals surface area contributed by atoms with Gasteiger partial charge in [-0.25, -0.2) is 0 Å². The van der Waals surface area contributed by atoms with Crippen LogP contribution in [-0.2, 0) is 6.42 Å². The molecule has 0 amide bonds. The molecule has 0 fully saturated rings. The van der Waals surface area contributed by atoms with Crippen LogP contribution in [0.2, 0.25) is 0 Å². The standard InChI is InChI=1S/C13H18N2O3/c1-2-8-14(10-11-16)9-7-12-3-5-13(6-4-12)15(17)18/h2-6,16H,1,7-11H2. The number of nitrogens with zero attached hydrogens (tertiary/aromatic N) is 2. The van der Waals surface area contributed by atoms with Crippen molar-refractivity contribution in [2.45, 2.75) is 6.42 Å². The molecule has 0 bridgehead atoms. The molecular weight excluding hydrogens is 232 g/mol. The first-order chi connectivity index (χ1) is 8.67. The van der Waals surface area contributed by atoms with Gasteiger partial charge in [-0.15, -0.1) is 6.58 Å². The Morgan fingerprint density at radius 3 is 2.50 bits per heavy atom. The molecule has 0 unspecified atom stereocenters. The van der Waals surface area contributed by atoms with E-state index in [1.807, 2.05) is 0 Å². The predicted molar refractivity (Wildman–Crippen MR) is 70.5 cm³/mol. The lowest BCUT2D eigenvalue weighted by Crippen LogP contribution is -2.29. The highest BCUT2D eigenvalue weighted by molar-refractivity contribution is 5.32. The van der Waals surface area contributed by atoms with Crippen molar-refractivity contribution in [3.63, 3.8) is 0 Å². The van der Waals surface area contributed by atoms with E-state index in [1.165, 1.54) is 12.1 Å². The summed E-state index contributed by atoms with van der Waals surface area (Å²) < 4.78 is 0. The zero-order chi connectivity index (χ0) is 13.4. The molecule has 0 aliphatic rings. The van der Waals surface area contributed by atoms with Gasteiger partial charge in [-0.3, -0.25) is 15.0 Å². The third kappa shape index (κ3) is 4.65. The van der Waals surface area contributed by atoms with Gasteiger partial charge in [-0.05, 0) is 12.0 Å². The fourth-order valence-corrected chi connectivity index (χ4v) is 1.69. The fraction of sp³-hybridized carbons (Fsp3) is 0.385. The molecule has 0 radical (unpaired) electrons. The van der Waals surface area contributed by atoms with Crippen LogP contribution in [0.15, 0.2) is 36.9 Å². The van der Waals surface area contributed by atoms with Crippen LogP contribution in [0.1, 0.15) is 5.56 Å². The van der Waals surface area contributed by atoms with Crippen LogP contribution in [0.4, 0.5) is 5.69 Å². The van der Waals surface area contributed by atoms with E-state index in [1.54, 1.807) is 18.2 Å². The van der Waals surface area contributed by atoms with E-state index in [-0.39, 0.29) is 12.3 Å². The normalized spacial score (nSPS) is 10.6. The van der Waals surface area contributed by atoms with Crippen LogP contribution in [0.3, 0.4) is 0 Å². The smallest absolute Gasteiger partial charge is 0.269 e. The number of hydrogen-bond acceptors (Lipinski definition) is 4. The summed E-state index contributed by atoms with van der Waals surface area (Å²) >= 11 is 0. The molecule has 0 saturated carbocycles. The Kier molecular flexibility index (Phi) is 6.04. The number of nitro benzene ring substituents is 1. The highest BCUT2D eigenvalue weighted by Gasteiger charge is 2.06. The average Bonchev–Trinajstić information content (AvgIpc) is 2.37. The van der Waals surface area contributed by atoms with Gasteiger partial charge >= 0.3 is 0 Å². The average molecular weight is 250 g/mol. The number of nitro groups is 1. The lowest BCUT2D eigenvalue weighted by Gasteiger charge is -2.19. The van der Waals surface area contributed by atoms with Crippen LogP contribution < -0.4 is 0 Å². The Balaban J connectivity index is 2.51. The van der Waals surface area contributed by atoms with Crippen LogP contribution >= 0.6 is 0 Å². The number of aliphatic hydroxyl groups excluding tert-OH is 1. The topological polar surface area (TPSA) is 66.6 Å². The van der Waals surface area contributed by atoms with Crippen molar-refractivity contribution in [2.75, 3.05) is 26.2 Å². The van der Waals surface area contributed by atoms with Crippen molar-refractivity contribution in [3.05, 3.63) is 52.6 Å². The van der Waals surface area contributed by atoms with Crippen molar-refractivity contribution < 1.29 is 10.0 Å². The minimum atomic E-state index is -0.403. The van der Waals surface area contributed by atoms with Gasteiger partial charge in [0.2, 0.25) is 0 Å². The summed E-state index contributed by atoms with van der Waals surface area (Å²) in [7, 11) is 0. The molecule has 0 aromatic heterocycles. The number of hydrogen-bond donors (Lipinski definition) is 1. The van der Waals surface area contributed by atoms with Gasteiger partial charge in [0.1, 0.15) is 0 Å². The summed E-state index contributed by atoms with van der Waals surface area (Å²) in [6, 6.07) is 6.56. The maximum absolute atomic E-state index is 10.5. The number of non-ortho nitro benzene ring substituents is 1. The summed E-state index contributed by atoms with van der Waals surface area (Å²) in [4.78, 5) is 12.2. The largest absolute Gasteiger partial charge is 0.395 e. The van der Waals surface area contributed by atoms with Gasteiger partial charge in [0.05, 0.1) is 11.5 Å². The van der Waals surface area contributed by atoms with Crippen LogP contribution in [0.5, 0.6) is 0 Å². The van der Waals surface area contributed by atoms with Gasteiger partial charge in [-0.1, -0.05) is 18.2 Å². The van der Waals surface area contributed by atoms with Crippen molar-refractivity contribution in [1.82, 2.24) is 4.90 Å². The quantitative estimate of drug-likeness (QED) is 0.432. The predicted octanol–water partition coefficient (Wildman–Crippen LogP) is 1.62. The summed E-state index contributed by atoms with van der Waals surface area (Å²) in [5.74, 6) is 0. The number of benzene rings is 1. The molecule has 0 saturated heterocycles. The summed E-state index contributed by atoms with van der Waals surface area (Å²) in [6.45, 7) is 5.93. The second kappa shape index (κ2) is 7.58. The van der Waals surface area contributed by atoms with Crippen LogP contribution in [0.25, 0.3) is 0 Å². The van der Waals surface area contributed by atoms with Gasteiger partial charge in [0.25, 0.3) is 5.69 Å². The van der Waals surface area contributed by atoms with E-state index >= 15 is 0 Å². The van der Waals surface area contributed by atoms with Gasteiger partial charge in [-0.2, -0.15) is 0 Å². The molecule has 0 aliphatic carbocycles. The Bertz CT molecular complexity index is 390.